The van der Waals surface area contributed by atoms with Crippen LogP contribution >= 0.6 is 0 Å². The number of rotatable bonds is 1. The van der Waals surface area contributed by atoms with Crippen LogP contribution < -0.4 is 0 Å². The monoisotopic (exact) mass is 199 g/mol. The van der Waals surface area contributed by atoms with Crippen molar-refractivity contribution >= 4 is 5.91 Å². The summed E-state index contributed by atoms with van der Waals surface area (Å²) in [5.74, 6) is 0.120. The largest absolute Gasteiger partial charge is 0.393 e. The van der Waals surface area contributed by atoms with Gasteiger partial charge in [0.15, 0.2) is 0 Å². The van der Waals surface area contributed by atoms with Gasteiger partial charge in [0.2, 0.25) is 0 Å². The summed E-state index contributed by atoms with van der Waals surface area (Å²) < 4.78 is 5.34. The minimum absolute atomic E-state index is 0.120. The molecule has 1 N–H and O–H groups in total. The average molecular weight is 199 g/mol. The van der Waals surface area contributed by atoms with Crippen LogP contribution in [0.15, 0.2) is 0 Å². The quantitative estimate of drug-likeness (QED) is 0.654. The maximum atomic E-state index is 11.8. The summed E-state index contributed by atoms with van der Waals surface area (Å²) in [4.78, 5) is 13.6. The molecule has 0 aliphatic carbocycles. The lowest BCUT2D eigenvalue weighted by Crippen LogP contribution is -2.44. The van der Waals surface area contributed by atoms with Crippen molar-refractivity contribution in [3.05, 3.63) is 0 Å². The zero-order valence-corrected chi connectivity index (χ0v) is 8.32. The molecule has 0 aromatic rings. The number of hydrogen-bond acceptors (Lipinski definition) is 3. The Kier molecular flexibility index (Phi) is 3.03. The van der Waals surface area contributed by atoms with Crippen LogP contribution in [0.2, 0.25) is 0 Å². The van der Waals surface area contributed by atoms with Crippen LogP contribution in [-0.2, 0) is 9.53 Å². The molecule has 2 aliphatic heterocycles. The van der Waals surface area contributed by atoms with Crippen LogP contribution in [0.1, 0.15) is 25.7 Å². The van der Waals surface area contributed by atoms with Crippen molar-refractivity contribution in [2.24, 2.45) is 0 Å². The third-order valence-corrected chi connectivity index (χ3v) is 2.98. The predicted octanol–water partition coefficient (Wildman–Crippen LogP) is 0.149. The molecule has 0 unspecified atom stereocenters. The fraction of sp³-hybridized carbons (Fsp3) is 0.900. The number of aliphatic hydroxyl groups excluding tert-OH is 1. The summed E-state index contributed by atoms with van der Waals surface area (Å²) in [7, 11) is 0. The molecule has 2 heterocycles. The Morgan fingerprint density at radius 3 is 2.57 bits per heavy atom. The number of carbonyl (C=O) groups is 1. The van der Waals surface area contributed by atoms with E-state index in [1.54, 1.807) is 0 Å². The molecule has 4 nitrogen and oxygen atoms in total. The number of likely N-dealkylation sites (tertiary alicyclic amines) is 1. The first-order chi connectivity index (χ1) is 6.77. The summed E-state index contributed by atoms with van der Waals surface area (Å²) in [6.45, 7) is 2.08. The number of hydrogen-bond donors (Lipinski definition) is 1. The molecule has 0 spiro atoms. The Morgan fingerprint density at radius 1 is 1.29 bits per heavy atom. The van der Waals surface area contributed by atoms with Crippen LogP contribution in [0.5, 0.6) is 0 Å². The zero-order valence-electron chi connectivity index (χ0n) is 8.32. The lowest BCUT2D eigenvalue weighted by Gasteiger charge is -2.31. The predicted molar refractivity (Wildman–Crippen MR) is 50.8 cm³/mol. The summed E-state index contributed by atoms with van der Waals surface area (Å²) in [5, 5.41) is 9.30. The Balaban J connectivity index is 1.85. The van der Waals surface area contributed by atoms with Crippen LogP contribution in [-0.4, -0.2) is 47.8 Å². The molecule has 2 saturated heterocycles. The second-order valence-corrected chi connectivity index (χ2v) is 4.06. The number of amides is 1. The molecule has 0 radical (unpaired) electrons. The van der Waals surface area contributed by atoms with Gasteiger partial charge >= 0.3 is 0 Å². The smallest absolute Gasteiger partial charge is 0.251 e. The van der Waals surface area contributed by atoms with E-state index in [0.717, 1.165) is 12.8 Å². The molecule has 0 bridgehead atoms. The second kappa shape index (κ2) is 4.28. The first-order valence-electron chi connectivity index (χ1n) is 5.36. The average Bonchev–Trinajstić information content (AvgIpc) is 2.71. The third-order valence-electron chi connectivity index (χ3n) is 2.98. The molecule has 0 aromatic heterocycles. The lowest BCUT2D eigenvalue weighted by molar-refractivity contribution is -0.142. The molecule has 1 amide bonds. The molecule has 0 saturated carbocycles. The Morgan fingerprint density at radius 2 is 2.00 bits per heavy atom. The molecular formula is C10H17NO3. The molecule has 4 heteroatoms. The molecule has 2 rings (SSSR count). The van der Waals surface area contributed by atoms with Crippen molar-refractivity contribution in [3.8, 4) is 0 Å². The number of ether oxygens (including phenoxy) is 1. The normalized spacial score (nSPS) is 29.5. The van der Waals surface area contributed by atoms with E-state index in [4.69, 9.17) is 4.74 Å². The highest BCUT2D eigenvalue weighted by Crippen LogP contribution is 2.17. The van der Waals surface area contributed by atoms with Gasteiger partial charge in [-0.1, -0.05) is 0 Å². The van der Waals surface area contributed by atoms with Crippen LogP contribution in [0.3, 0.4) is 0 Å². The Hall–Kier alpha value is -0.610. The number of piperidine rings is 1. The minimum atomic E-state index is -0.219. The Bertz CT molecular complexity index is 205. The number of nitrogens with zero attached hydrogens (tertiary/aromatic N) is 1. The van der Waals surface area contributed by atoms with Gasteiger partial charge in [0.1, 0.15) is 6.10 Å². The summed E-state index contributed by atoms with van der Waals surface area (Å²) >= 11 is 0. The van der Waals surface area contributed by atoms with E-state index >= 15 is 0 Å². The summed E-state index contributed by atoms with van der Waals surface area (Å²) in [6, 6.07) is 0. The molecule has 1 atom stereocenters. The van der Waals surface area contributed by atoms with Gasteiger partial charge in [-0.2, -0.15) is 0 Å². The van der Waals surface area contributed by atoms with E-state index < -0.39 is 0 Å². The number of aliphatic hydroxyl groups is 1. The molecular weight excluding hydrogens is 182 g/mol. The molecule has 0 aromatic carbocycles. The van der Waals surface area contributed by atoms with Crippen molar-refractivity contribution in [1.29, 1.82) is 0 Å². The van der Waals surface area contributed by atoms with Crippen molar-refractivity contribution < 1.29 is 14.6 Å². The zero-order chi connectivity index (χ0) is 9.97. The van der Waals surface area contributed by atoms with E-state index in [9.17, 15) is 9.90 Å². The fourth-order valence-electron chi connectivity index (χ4n) is 2.06. The van der Waals surface area contributed by atoms with Gasteiger partial charge in [0.05, 0.1) is 6.10 Å². The van der Waals surface area contributed by atoms with Crippen LogP contribution in [0, 0.1) is 0 Å². The van der Waals surface area contributed by atoms with Gasteiger partial charge in [0.25, 0.3) is 5.91 Å². The van der Waals surface area contributed by atoms with E-state index in [1.807, 2.05) is 4.90 Å². The van der Waals surface area contributed by atoms with Crippen molar-refractivity contribution in [2.75, 3.05) is 19.7 Å². The van der Waals surface area contributed by atoms with E-state index in [1.165, 1.54) is 0 Å². The van der Waals surface area contributed by atoms with Gasteiger partial charge in [-0.3, -0.25) is 4.79 Å². The second-order valence-electron chi connectivity index (χ2n) is 4.06. The molecule has 14 heavy (non-hydrogen) atoms. The van der Waals surface area contributed by atoms with Crippen LogP contribution in [0.25, 0.3) is 0 Å². The van der Waals surface area contributed by atoms with Gasteiger partial charge in [-0.15, -0.1) is 0 Å². The molecule has 80 valence electrons. The highest BCUT2D eigenvalue weighted by atomic mass is 16.5. The van der Waals surface area contributed by atoms with Crippen LogP contribution in [0.4, 0.5) is 0 Å². The van der Waals surface area contributed by atoms with Crippen molar-refractivity contribution in [1.82, 2.24) is 4.90 Å². The van der Waals surface area contributed by atoms with Crippen molar-refractivity contribution in [2.45, 2.75) is 37.9 Å². The first kappa shape index (κ1) is 9.93. The van der Waals surface area contributed by atoms with Gasteiger partial charge < -0.3 is 14.7 Å². The highest BCUT2D eigenvalue weighted by molar-refractivity contribution is 5.81. The van der Waals surface area contributed by atoms with Crippen molar-refractivity contribution in [3.63, 3.8) is 0 Å². The van der Waals surface area contributed by atoms with Gasteiger partial charge in [-0.25, -0.2) is 0 Å². The maximum absolute atomic E-state index is 11.8. The fourth-order valence-corrected chi connectivity index (χ4v) is 2.06. The summed E-state index contributed by atoms with van der Waals surface area (Å²) in [5.41, 5.74) is 0. The first-order valence-corrected chi connectivity index (χ1v) is 5.36. The maximum Gasteiger partial charge on any atom is 0.251 e. The molecule has 2 fully saturated rings. The molecule has 2 aliphatic rings. The topological polar surface area (TPSA) is 49.8 Å². The van der Waals surface area contributed by atoms with Gasteiger partial charge in [-0.05, 0) is 25.7 Å². The lowest BCUT2D eigenvalue weighted by atomic mass is 10.1. The standard InChI is InChI=1S/C10H17NO3/c12-8-3-5-11(6-4-8)10(13)9-2-1-7-14-9/h8-9,12H,1-7H2/t9-/m1/s1. The Labute approximate surface area is 83.8 Å². The highest BCUT2D eigenvalue weighted by Gasteiger charge is 2.30. The van der Waals surface area contributed by atoms with Gasteiger partial charge in [0, 0.05) is 19.7 Å². The summed E-state index contributed by atoms with van der Waals surface area (Å²) in [6.07, 6.45) is 2.84. The van der Waals surface area contributed by atoms with E-state index in [0.29, 0.717) is 32.5 Å². The third kappa shape index (κ3) is 2.07. The number of carbonyl (C=O) groups excluding carboxylic acids is 1. The van der Waals surface area contributed by atoms with E-state index in [2.05, 4.69) is 0 Å². The minimum Gasteiger partial charge on any atom is -0.393 e. The SMILES string of the molecule is O=C([C@H]1CCCO1)N1CCC(O)CC1. The van der Waals surface area contributed by atoms with E-state index in [-0.39, 0.29) is 18.1 Å².